The normalized spacial score (nSPS) is 13.9. The first-order chi connectivity index (χ1) is 13.8. The van der Waals surface area contributed by atoms with Crippen LogP contribution in [0, 0.1) is 5.92 Å². The van der Waals surface area contributed by atoms with E-state index in [-0.39, 0.29) is 35.4 Å². The number of rotatable bonds is 7. The average molecular weight is 419 g/mol. The molecule has 2 aromatic rings. The van der Waals surface area contributed by atoms with Gasteiger partial charge >= 0.3 is 0 Å². The second kappa shape index (κ2) is 8.87. The number of anilines is 1. The van der Waals surface area contributed by atoms with Crippen LogP contribution in [-0.4, -0.2) is 30.7 Å². The van der Waals surface area contributed by atoms with Gasteiger partial charge in [-0.15, -0.1) is 0 Å². The van der Waals surface area contributed by atoms with Gasteiger partial charge in [0, 0.05) is 24.2 Å². The highest BCUT2D eigenvalue weighted by molar-refractivity contribution is 7.89. The average Bonchev–Trinajstić information content (AvgIpc) is 2.68. The fourth-order valence-electron chi connectivity index (χ4n) is 3.13. The summed E-state index contributed by atoms with van der Waals surface area (Å²) >= 11 is 0. The van der Waals surface area contributed by atoms with E-state index in [9.17, 15) is 18.0 Å². The first-order valence-electron chi connectivity index (χ1n) is 9.77. The molecule has 1 amide bonds. The molecule has 0 fully saturated rings. The van der Waals surface area contributed by atoms with E-state index in [1.54, 1.807) is 32.0 Å². The summed E-state index contributed by atoms with van der Waals surface area (Å²) in [5.74, 6) is -0.303. The number of nitrogens with one attached hydrogen (secondary N) is 2. The highest BCUT2D eigenvalue weighted by Gasteiger charge is 2.16. The summed E-state index contributed by atoms with van der Waals surface area (Å²) in [6, 6.07) is 7.57. The predicted octanol–water partition coefficient (Wildman–Crippen LogP) is 1.70. The summed E-state index contributed by atoms with van der Waals surface area (Å²) in [6.07, 6.45) is 3.84. The summed E-state index contributed by atoms with van der Waals surface area (Å²) in [5.41, 5.74) is 2.25. The van der Waals surface area contributed by atoms with E-state index in [4.69, 9.17) is 0 Å². The predicted molar refractivity (Wildman–Crippen MR) is 110 cm³/mol. The van der Waals surface area contributed by atoms with Gasteiger partial charge in [-0.25, -0.2) is 17.8 Å². The van der Waals surface area contributed by atoms with Gasteiger partial charge < -0.3 is 5.32 Å². The Morgan fingerprint density at radius 2 is 1.86 bits per heavy atom. The van der Waals surface area contributed by atoms with Crippen LogP contribution in [0.3, 0.4) is 0 Å². The molecule has 0 saturated heterocycles. The van der Waals surface area contributed by atoms with Crippen LogP contribution in [-0.2, 0) is 34.2 Å². The molecule has 1 aliphatic carbocycles. The van der Waals surface area contributed by atoms with E-state index in [0.717, 1.165) is 36.9 Å². The molecule has 0 spiro atoms. The Labute approximate surface area is 170 Å². The van der Waals surface area contributed by atoms with Gasteiger partial charge in [-0.05, 0) is 55.5 Å². The van der Waals surface area contributed by atoms with Crippen molar-refractivity contribution in [2.45, 2.75) is 51.0 Å². The van der Waals surface area contributed by atoms with E-state index in [0.29, 0.717) is 5.69 Å². The smallest absolute Gasteiger partial charge is 0.267 e. The second-order valence-corrected chi connectivity index (χ2v) is 9.22. The molecule has 29 heavy (non-hydrogen) atoms. The minimum absolute atomic E-state index is 0.0554. The topological polar surface area (TPSA) is 110 Å². The Bertz CT molecular complexity index is 1040. The summed E-state index contributed by atoms with van der Waals surface area (Å²) in [7, 11) is -3.73. The first kappa shape index (κ1) is 21.2. The van der Waals surface area contributed by atoms with Crippen LogP contribution in [0.25, 0.3) is 0 Å². The number of hydrogen-bond acceptors (Lipinski definition) is 5. The zero-order chi connectivity index (χ0) is 21.0. The molecule has 0 aliphatic heterocycles. The largest absolute Gasteiger partial charge is 0.326 e. The van der Waals surface area contributed by atoms with Crippen molar-refractivity contribution in [2.75, 3.05) is 11.9 Å². The molecule has 0 atom stereocenters. The van der Waals surface area contributed by atoms with Crippen molar-refractivity contribution in [3.8, 4) is 0 Å². The van der Waals surface area contributed by atoms with E-state index >= 15 is 0 Å². The molecule has 2 N–H and O–H groups in total. The molecular formula is C20H26N4O4S. The molecule has 1 heterocycles. The van der Waals surface area contributed by atoms with Crippen LogP contribution >= 0.6 is 0 Å². The number of aromatic nitrogens is 2. The number of nitrogens with zero attached hydrogens (tertiary/aromatic N) is 2. The highest BCUT2D eigenvalue weighted by atomic mass is 32.2. The SMILES string of the molecule is CC(C)C(=O)Nc1ccc(S(=O)(=O)NCCn2nc3c(cc2=O)CCCC3)cc1. The number of carbonyl (C=O) groups is 1. The summed E-state index contributed by atoms with van der Waals surface area (Å²) in [6.45, 7) is 3.77. The van der Waals surface area contributed by atoms with Gasteiger partial charge in [-0.1, -0.05) is 13.8 Å². The fraction of sp³-hybridized carbons (Fsp3) is 0.450. The lowest BCUT2D eigenvalue weighted by molar-refractivity contribution is -0.118. The number of benzene rings is 1. The number of aryl methyl sites for hydroxylation is 2. The third-order valence-electron chi connectivity index (χ3n) is 4.85. The van der Waals surface area contributed by atoms with Crippen molar-refractivity contribution in [2.24, 2.45) is 5.92 Å². The van der Waals surface area contributed by atoms with Gasteiger partial charge in [0.2, 0.25) is 15.9 Å². The highest BCUT2D eigenvalue weighted by Crippen LogP contribution is 2.17. The maximum atomic E-state index is 12.5. The summed E-state index contributed by atoms with van der Waals surface area (Å²) in [4.78, 5) is 24.0. The lowest BCUT2D eigenvalue weighted by atomic mass is 9.97. The summed E-state index contributed by atoms with van der Waals surface area (Å²) in [5, 5.41) is 7.10. The van der Waals surface area contributed by atoms with Gasteiger partial charge in [-0.2, -0.15) is 5.10 Å². The van der Waals surface area contributed by atoms with Gasteiger partial charge in [0.1, 0.15) is 0 Å². The Balaban J connectivity index is 1.62. The maximum Gasteiger partial charge on any atom is 0.267 e. The Morgan fingerprint density at radius 3 is 2.55 bits per heavy atom. The van der Waals surface area contributed by atoms with E-state index in [2.05, 4.69) is 15.1 Å². The van der Waals surface area contributed by atoms with Crippen LogP contribution < -0.4 is 15.6 Å². The number of fused-ring (bicyclic) bond motifs is 1. The van der Waals surface area contributed by atoms with Crippen molar-refractivity contribution in [1.82, 2.24) is 14.5 Å². The molecule has 0 radical (unpaired) electrons. The molecule has 3 rings (SSSR count). The third kappa shape index (κ3) is 5.30. The van der Waals surface area contributed by atoms with Gasteiger partial charge in [0.15, 0.2) is 0 Å². The molecule has 1 aromatic carbocycles. The lowest BCUT2D eigenvalue weighted by Gasteiger charge is -2.16. The van der Waals surface area contributed by atoms with Crippen LogP contribution in [0.2, 0.25) is 0 Å². The first-order valence-corrected chi connectivity index (χ1v) is 11.2. The number of hydrogen-bond donors (Lipinski definition) is 2. The van der Waals surface area contributed by atoms with Crippen LogP contribution in [0.1, 0.15) is 37.9 Å². The maximum absolute atomic E-state index is 12.5. The molecule has 0 bridgehead atoms. The molecule has 156 valence electrons. The van der Waals surface area contributed by atoms with E-state index < -0.39 is 10.0 Å². The van der Waals surface area contributed by atoms with Crippen molar-refractivity contribution in [1.29, 1.82) is 0 Å². The van der Waals surface area contributed by atoms with Crippen LogP contribution in [0.5, 0.6) is 0 Å². The van der Waals surface area contributed by atoms with Crippen molar-refractivity contribution in [3.63, 3.8) is 0 Å². The monoisotopic (exact) mass is 418 g/mol. The van der Waals surface area contributed by atoms with Crippen molar-refractivity contribution in [3.05, 3.63) is 51.9 Å². The molecule has 0 saturated carbocycles. The third-order valence-corrected chi connectivity index (χ3v) is 6.32. The minimum Gasteiger partial charge on any atom is -0.326 e. The van der Waals surface area contributed by atoms with Crippen molar-refractivity contribution >= 4 is 21.6 Å². The Kier molecular flexibility index (Phi) is 6.49. The molecule has 9 heteroatoms. The van der Waals surface area contributed by atoms with E-state index in [1.807, 2.05) is 0 Å². The number of amides is 1. The molecule has 0 unspecified atom stereocenters. The number of sulfonamides is 1. The van der Waals surface area contributed by atoms with Gasteiger partial charge in [-0.3, -0.25) is 9.59 Å². The molecular weight excluding hydrogens is 392 g/mol. The fourth-order valence-corrected chi connectivity index (χ4v) is 4.16. The molecule has 1 aliphatic rings. The standard InChI is InChI=1S/C20H26N4O4S/c1-14(2)20(26)22-16-7-9-17(10-8-16)29(27,28)21-11-12-24-19(25)13-15-5-3-4-6-18(15)23-24/h7-10,13-14,21H,3-6,11-12H2,1-2H3,(H,22,26). The van der Waals surface area contributed by atoms with Gasteiger partial charge in [0.05, 0.1) is 17.1 Å². The zero-order valence-electron chi connectivity index (χ0n) is 16.6. The van der Waals surface area contributed by atoms with Crippen molar-refractivity contribution < 1.29 is 13.2 Å². The lowest BCUT2D eigenvalue weighted by Crippen LogP contribution is -2.33. The van der Waals surface area contributed by atoms with Crippen LogP contribution in [0.15, 0.2) is 40.0 Å². The molecule has 1 aromatic heterocycles. The van der Waals surface area contributed by atoms with Crippen LogP contribution in [0.4, 0.5) is 5.69 Å². The summed E-state index contributed by atoms with van der Waals surface area (Å²) < 4.78 is 28.8. The Hall–Kier alpha value is -2.52. The van der Waals surface area contributed by atoms with Gasteiger partial charge in [0.25, 0.3) is 5.56 Å². The number of carbonyl (C=O) groups excluding carboxylic acids is 1. The van der Waals surface area contributed by atoms with E-state index in [1.165, 1.54) is 16.8 Å². The zero-order valence-corrected chi connectivity index (χ0v) is 17.5. The molecule has 8 nitrogen and oxygen atoms in total. The Morgan fingerprint density at radius 1 is 1.17 bits per heavy atom. The quantitative estimate of drug-likeness (QED) is 0.711. The minimum atomic E-state index is -3.73. The second-order valence-electron chi connectivity index (χ2n) is 7.45.